The maximum atomic E-state index is 10.5. The molecule has 1 aromatic rings. The molecule has 10 heavy (non-hydrogen) atoms. The summed E-state index contributed by atoms with van der Waals surface area (Å²) in [5.74, 6) is -0.450. The van der Waals surface area contributed by atoms with E-state index in [2.05, 4.69) is 17.6 Å². The number of hydrogen-bond acceptors (Lipinski definition) is 4. The van der Waals surface area contributed by atoms with Crippen molar-refractivity contribution in [2.75, 3.05) is 5.73 Å². The fourth-order valence-electron chi connectivity index (χ4n) is 0.488. The molecule has 4 nitrogen and oxygen atoms in total. The van der Waals surface area contributed by atoms with E-state index in [0.717, 1.165) is 11.3 Å². The molecule has 1 radical (unpaired) electrons. The van der Waals surface area contributed by atoms with E-state index in [-0.39, 0.29) is 10.7 Å². The number of nitrogen functional groups attached to an aromatic ring is 1. The monoisotopic (exact) mass is 174 g/mol. The van der Waals surface area contributed by atoms with E-state index in [0.29, 0.717) is 4.34 Å². The lowest BCUT2D eigenvalue weighted by molar-refractivity contribution is 0.100. The molecule has 0 atom stereocenters. The highest BCUT2D eigenvalue weighted by atomic mass is 32.2. The average molecular weight is 174 g/mol. The highest BCUT2D eigenvalue weighted by molar-refractivity contribution is 7.82. The van der Waals surface area contributed by atoms with Crippen molar-refractivity contribution in [1.29, 1.82) is 0 Å². The summed E-state index contributed by atoms with van der Waals surface area (Å²) in [6.45, 7) is 0. The van der Waals surface area contributed by atoms with Gasteiger partial charge in [-0.15, -0.1) is 0 Å². The summed E-state index contributed by atoms with van der Waals surface area (Å²) in [5, 5.41) is 0. The number of carbonyl (C=O) groups is 1. The highest BCUT2D eigenvalue weighted by Crippen LogP contribution is 2.21. The molecule has 0 fully saturated rings. The maximum absolute atomic E-state index is 10.5. The van der Waals surface area contributed by atoms with Crippen molar-refractivity contribution < 1.29 is 4.79 Å². The third kappa shape index (κ3) is 1.17. The van der Waals surface area contributed by atoms with Crippen LogP contribution in [0.3, 0.4) is 0 Å². The van der Waals surface area contributed by atoms with Crippen LogP contribution in [-0.4, -0.2) is 10.9 Å². The van der Waals surface area contributed by atoms with Gasteiger partial charge in [0.05, 0.1) is 0 Å². The van der Waals surface area contributed by atoms with Crippen LogP contribution in [0.5, 0.6) is 0 Å². The van der Waals surface area contributed by atoms with Gasteiger partial charge >= 0.3 is 0 Å². The minimum Gasteiger partial charge on any atom is -0.382 e. The molecule has 0 saturated carbocycles. The zero-order valence-electron chi connectivity index (χ0n) is 4.83. The smallest absolute Gasteiger partial charge is 0.262 e. The van der Waals surface area contributed by atoms with Gasteiger partial charge in [0.25, 0.3) is 5.91 Å². The molecule has 0 bridgehead atoms. The molecular formula is C4H4N3OS2. The number of rotatable bonds is 1. The Labute approximate surface area is 66.7 Å². The first-order valence-electron chi connectivity index (χ1n) is 2.34. The summed E-state index contributed by atoms with van der Waals surface area (Å²) < 4.78 is 0.339. The Hall–Kier alpha value is -0.880. The lowest BCUT2D eigenvalue weighted by Gasteiger charge is -1.85. The van der Waals surface area contributed by atoms with Crippen molar-refractivity contribution in [3.8, 4) is 0 Å². The van der Waals surface area contributed by atoms with Crippen molar-refractivity contribution in [2.45, 2.75) is 4.34 Å². The second-order valence-electron chi connectivity index (χ2n) is 1.56. The van der Waals surface area contributed by atoms with Gasteiger partial charge in [0.1, 0.15) is 10.7 Å². The van der Waals surface area contributed by atoms with Crippen molar-refractivity contribution in [2.24, 2.45) is 5.73 Å². The molecule has 0 aliphatic heterocycles. The first-order valence-corrected chi connectivity index (χ1v) is 3.57. The first-order chi connectivity index (χ1) is 4.61. The van der Waals surface area contributed by atoms with E-state index in [9.17, 15) is 4.79 Å². The summed E-state index contributed by atoms with van der Waals surface area (Å²) in [4.78, 5) is 14.4. The van der Waals surface area contributed by atoms with Crippen LogP contribution in [-0.2, 0) is 0 Å². The van der Waals surface area contributed by atoms with Crippen LogP contribution < -0.4 is 11.5 Å². The molecule has 0 aliphatic carbocycles. The molecule has 0 aromatic carbocycles. The number of nitrogens with zero attached hydrogens (tertiary/aromatic N) is 1. The van der Waals surface area contributed by atoms with Crippen LogP contribution in [0.15, 0.2) is 4.34 Å². The number of nitrogens with two attached hydrogens (primary N) is 2. The summed E-state index contributed by atoms with van der Waals surface area (Å²) in [6.07, 6.45) is 0. The van der Waals surface area contributed by atoms with Crippen LogP contribution in [0.1, 0.15) is 9.67 Å². The summed E-state index contributed by atoms with van der Waals surface area (Å²) in [5.41, 5.74) is 10.2. The van der Waals surface area contributed by atoms with Gasteiger partial charge in [-0.25, -0.2) is 4.98 Å². The first kappa shape index (κ1) is 7.23. The SMILES string of the molecule is NC(=O)c1sc([S])nc1N. The van der Waals surface area contributed by atoms with Crippen molar-refractivity contribution in [1.82, 2.24) is 4.98 Å². The van der Waals surface area contributed by atoms with E-state index in [1.807, 2.05) is 0 Å². The molecule has 4 N–H and O–H groups in total. The molecule has 0 spiro atoms. The Bertz CT molecular complexity index is 269. The second kappa shape index (κ2) is 2.39. The van der Waals surface area contributed by atoms with Gasteiger partial charge in [0.2, 0.25) is 0 Å². The number of thiazole rings is 1. The number of primary amides is 1. The van der Waals surface area contributed by atoms with E-state index in [1.54, 1.807) is 0 Å². The number of carbonyl (C=O) groups excluding carboxylic acids is 1. The number of anilines is 1. The normalized spacial score (nSPS) is 9.60. The van der Waals surface area contributed by atoms with Gasteiger partial charge in [-0.2, -0.15) is 0 Å². The Morgan fingerprint density at radius 3 is 2.50 bits per heavy atom. The highest BCUT2D eigenvalue weighted by Gasteiger charge is 2.10. The molecule has 1 aromatic heterocycles. The van der Waals surface area contributed by atoms with Gasteiger partial charge in [0, 0.05) is 0 Å². The predicted octanol–water partition coefficient (Wildman–Crippen LogP) is 0.381. The molecule has 0 unspecified atom stereocenters. The van der Waals surface area contributed by atoms with Crippen LogP contribution in [0.4, 0.5) is 5.82 Å². The molecule has 0 aliphatic rings. The van der Waals surface area contributed by atoms with Crippen LogP contribution in [0, 0.1) is 0 Å². The minimum atomic E-state index is -0.578. The third-order valence-electron chi connectivity index (χ3n) is 0.858. The fourth-order valence-corrected chi connectivity index (χ4v) is 1.41. The van der Waals surface area contributed by atoms with Gasteiger partial charge in [-0.05, 0) is 12.6 Å². The van der Waals surface area contributed by atoms with Crippen LogP contribution in [0.2, 0.25) is 0 Å². The standard InChI is InChI=1S/C4H4N3OS2/c5-2-1(3(6)8)10-4(9)7-2/h5H2,(H2,6,8). The number of amides is 1. The predicted molar refractivity (Wildman–Crippen MR) is 40.9 cm³/mol. The third-order valence-corrected chi connectivity index (χ3v) is 2.08. The Morgan fingerprint density at radius 1 is 1.70 bits per heavy atom. The average Bonchev–Trinajstić information content (AvgIpc) is 2.10. The van der Waals surface area contributed by atoms with Crippen molar-refractivity contribution in [3.63, 3.8) is 0 Å². The summed E-state index contributed by atoms with van der Waals surface area (Å²) in [7, 11) is 0. The summed E-state index contributed by atoms with van der Waals surface area (Å²) >= 11 is 5.69. The van der Waals surface area contributed by atoms with E-state index >= 15 is 0 Å². The molecule has 6 heteroatoms. The topological polar surface area (TPSA) is 82.0 Å². The fraction of sp³-hybridized carbons (Fsp3) is 0. The number of aromatic nitrogens is 1. The van der Waals surface area contributed by atoms with Gasteiger partial charge in [-0.1, -0.05) is 11.3 Å². The Morgan fingerprint density at radius 2 is 2.30 bits per heavy atom. The Balaban J connectivity index is 3.15. The molecule has 0 saturated heterocycles. The lowest BCUT2D eigenvalue weighted by Crippen LogP contribution is -2.10. The van der Waals surface area contributed by atoms with E-state index < -0.39 is 5.91 Å². The Kier molecular flexibility index (Phi) is 1.73. The number of hydrogen-bond donors (Lipinski definition) is 2. The van der Waals surface area contributed by atoms with E-state index in [1.165, 1.54) is 0 Å². The molecule has 53 valence electrons. The van der Waals surface area contributed by atoms with Crippen LogP contribution in [0.25, 0.3) is 0 Å². The van der Waals surface area contributed by atoms with Gasteiger partial charge in [0.15, 0.2) is 4.34 Å². The second-order valence-corrected chi connectivity index (χ2v) is 3.20. The van der Waals surface area contributed by atoms with Crippen molar-refractivity contribution >= 4 is 35.7 Å². The largest absolute Gasteiger partial charge is 0.382 e. The van der Waals surface area contributed by atoms with Gasteiger partial charge < -0.3 is 11.5 Å². The molecule has 1 amide bonds. The maximum Gasteiger partial charge on any atom is 0.262 e. The quantitative estimate of drug-likeness (QED) is 0.645. The molecule has 1 rings (SSSR count). The molecular weight excluding hydrogens is 170 g/mol. The lowest BCUT2D eigenvalue weighted by atomic mass is 10.5. The van der Waals surface area contributed by atoms with Gasteiger partial charge in [-0.3, -0.25) is 4.79 Å². The van der Waals surface area contributed by atoms with Crippen LogP contribution >= 0.6 is 24.0 Å². The zero-order valence-corrected chi connectivity index (χ0v) is 6.46. The van der Waals surface area contributed by atoms with Crippen molar-refractivity contribution in [3.05, 3.63) is 4.88 Å². The summed E-state index contributed by atoms with van der Waals surface area (Å²) in [6, 6.07) is 0. The minimum absolute atomic E-state index is 0.127. The zero-order chi connectivity index (χ0) is 7.72. The van der Waals surface area contributed by atoms with E-state index in [4.69, 9.17) is 11.5 Å². The molecule has 1 heterocycles.